The van der Waals surface area contributed by atoms with Crippen molar-refractivity contribution in [2.75, 3.05) is 16.4 Å². The molecule has 0 aromatic heterocycles. The number of benzene rings is 2. The van der Waals surface area contributed by atoms with Crippen LogP contribution in [0.2, 0.25) is 15.1 Å². The molecule has 2 aromatic rings. The Bertz CT molecular complexity index is 1010. The smallest absolute Gasteiger partial charge is 0.164 e. The maximum absolute atomic E-state index is 12.1. The minimum Gasteiger partial charge on any atom is -0.315 e. The standard InChI is InChI=1S/C18H15Cl3N2O2S2/c19-12-5-13(20)7-14(6-12)23-17-10-27(24,25)9-16(17)22-18(23)26-8-11-3-1-2-4-15(11)21/h1-7,16-17H,8-10H2. The number of aliphatic imine (C=N–C) groups is 1. The van der Waals surface area contributed by atoms with E-state index in [4.69, 9.17) is 39.8 Å². The van der Waals surface area contributed by atoms with Crippen molar-refractivity contribution in [2.24, 2.45) is 4.99 Å². The van der Waals surface area contributed by atoms with Gasteiger partial charge in [-0.15, -0.1) is 0 Å². The summed E-state index contributed by atoms with van der Waals surface area (Å²) in [5, 5.41) is 2.45. The molecule has 0 N–H and O–H groups in total. The Hall–Kier alpha value is -0.920. The number of amidine groups is 1. The zero-order chi connectivity index (χ0) is 19.2. The van der Waals surface area contributed by atoms with Crippen LogP contribution in [-0.4, -0.2) is 37.2 Å². The van der Waals surface area contributed by atoms with Crippen molar-refractivity contribution < 1.29 is 8.42 Å². The quantitative estimate of drug-likeness (QED) is 0.651. The maximum Gasteiger partial charge on any atom is 0.164 e. The molecule has 142 valence electrons. The summed E-state index contributed by atoms with van der Waals surface area (Å²) in [6.07, 6.45) is 0. The van der Waals surface area contributed by atoms with Crippen LogP contribution in [0.3, 0.4) is 0 Å². The summed E-state index contributed by atoms with van der Waals surface area (Å²) in [5.74, 6) is 0.773. The summed E-state index contributed by atoms with van der Waals surface area (Å²) in [5.41, 5.74) is 1.75. The molecule has 0 bridgehead atoms. The zero-order valence-corrected chi connectivity index (χ0v) is 17.9. The third-order valence-electron chi connectivity index (χ3n) is 4.55. The summed E-state index contributed by atoms with van der Waals surface area (Å²) in [6, 6.07) is 12.4. The Morgan fingerprint density at radius 2 is 1.78 bits per heavy atom. The molecule has 2 heterocycles. The van der Waals surface area contributed by atoms with E-state index in [1.807, 2.05) is 29.2 Å². The first-order valence-corrected chi connectivity index (χ1v) is 12.2. The second kappa shape index (κ2) is 7.48. The minimum absolute atomic E-state index is 0.0681. The van der Waals surface area contributed by atoms with Gasteiger partial charge in [-0.05, 0) is 29.8 Å². The number of halogens is 3. The lowest BCUT2D eigenvalue weighted by Crippen LogP contribution is -2.39. The maximum atomic E-state index is 12.1. The normalized spacial score (nSPS) is 23.4. The highest BCUT2D eigenvalue weighted by atomic mass is 35.5. The first-order chi connectivity index (χ1) is 12.8. The van der Waals surface area contributed by atoms with Crippen LogP contribution < -0.4 is 4.90 Å². The van der Waals surface area contributed by atoms with Crippen molar-refractivity contribution in [3.8, 4) is 0 Å². The number of thioether (sulfide) groups is 1. The fourth-order valence-corrected chi connectivity index (χ4v) is 7.14. The zero-order valence-electron chi connectivity index (χ0n) is 14.0. The molecule has 0 radical (unpaired) electrons. The monoisotopic (exact) mass is 460 g/mol. The molecular formula is C18H15Cl3N2O2S2. The number of fused-ring (bicyclic) bond motifs is 1. The molecule has 1 fully saturated rings. The lowest BCUT2D eigenvalue weighted by Gasteiger charge is -2.27. The Morgan fingerprint density at radius 1 is 1.07 bits per heavy atom. The van der Waals surface area contributed by atoms with E-state index in [2.05, 4.69) is 0 Å². The van der Waals surface area contributed by atoms with Crippen LogP contribution >= 0.6 is 46.6 Å². The predicted molar refractivity (Wildman–Crippen MR) is 115 cm³/mol. The van der Waals surface area contributed by atoms with E-state index in [1.165, 1.54) is 11.8 Å². The lowest BCUT2D eigenvalue weighted by molar-refractivity contribution is 0.601. The van der Waals surface area contributed by atoms with E-state index in [1.54, 1.807) is 18.2 Å². The first-order valence-electron chi connectivity index (χ1n) is 8.22. The Kier molecular flexibility index (Phi) is 5.38. The average molecular weight is 462 g/mol. The molecule has 27 heavy (non-hydrogen) atoms. The van der Waals surface area contributed by atoms with Gasteiger partial charge in [0.05, 0.1) is 23.6 Å². The first kappa shape index (κ1) is 19.4. The van der Waals surface area contributed by atoms with Crippen LogP contribution in [0, 0.1) is 0 Å². The topological polar surface area (TPSA) is 49.7 Å². The van der Waals surface area contributed by atoms with Crippen LogP contribution in [0.25, 0.3) is 0 Å². The SMILES string of the molecule is O=S1(=O)CC2N=C(SCc3ccccc3Cl)N(c3cc(Cl)cc(Cl)c3)C2C1. The van der Waals surface area contributed by atoms with E-state index < -0.39 is 9.84 Å². The Morgan fingerprint density at radius 3 is 2.48 bits per heavy atom. The number of rotatable bonds is 3. The van der Waals surface area contributed by atoms with Crippen LogP contribution in [0.5, 0.6) is 0 Å². The molecule has 0 spiro atoms. The van der Waals surface area contributed by atoms with Gasteiger partial charge in [0.2, 0.25) is 0 Å². The fourth-order valence-electron chi connectivity index (χ4n) is 3.37. The van der Waals surface area contributed by atoms with Gasteiger partial charge in [0.25, 0.3) is 0 Å². The van der Waals surface area contributed by atoms with Gasteiger partial charge >= 0.3 is 0 Å². The van der Waals surface area contributed by atoms with Gasteiger partial charge in [-0.2, -0.15) is 0 Å². The molecule has 4 nitrogen and oxygen atoms in total. The van der Waals surface area contributed by atoms with Crippen molar-refractivity contribution in [1.82, 2.24) is 0 Å². The molecule has 0 saturated carbocycles. The summed E-state index contributed by atoms with van der Waals surface area (Å²) < 4.78 is 24.2. The van der Waals surface area contributed by atoms with Gasteiger partial charge in [0.15, 0.2) is 15.0 Å². The van der Waals surface area contributed by atoms with E-state index in [0.717, 1.165) is 16.4 Å². The van der Waals surface area contributed by atoms with E-state index >= 15 is 0 Å². The molecule has 2 aliphatic heterocycles. The third-order valence-corrected chi connectivity index (χ3v) is 8.07. The van der Waals surface area contributed by atoms with Crippen LogP contribution in [-0.2, 0) is 15.6 Å². The van der Waals surface area contributed by atoms with Gasteiger partial charge < -0.3 is 4.90 Å². The highest BCUT2D eigenvalue weighted by Gasteiger charge is 2.47. The highest BCUT2D eigenvalue weighted by molar-refractivity contribution is 8.13. The van der Waals surface area contributed by atoms with Crippen LogP contribution in [0.1, 0.15) is 5.56 Å². The summed E-state index contributed by atoms with van der Waals surface area (Å²) in [4.78, 5) is 6.66. The molecule has 2 aromatic carbocycles. The van der Waals surface area contributed by atoms with Crippen molar-refractivity contribution in [3.05, 3.63) is 63.1 Å². The fraction of sp³-hybridized carbons (Fsp3) is 0.278. The van der Waals surface area contributed by atoms with Gasteiger partial charge in [0, 0.05) is 26.5 Å². The van der Waals surface area contributed by atoms with Crippen molar-refractivity contribution in [2.45, 2.75) is 17.8 Å². The van der Waals surface area contributed by atoms with Gasteiger partial charge in [-0.25, -0.2) is 8.42 Å². The van der Waals surface area contributed by atoms with Crippen LogP contribution in [0.15, 0.2) is 47.5 Å². The second-order valence-corrected chi connectivity index (χ2v) is 10.9. The third kappa shape index (κ3) is 4.10. The number of anilines is 1. The predicted octanol–water partition coefficient (Wildman–Crippen LogP) is 4.92. The lowest BCUT2D eigenvalue weighted by atomic mass is 10.1. The van der Waals surface area contributed by atoms with E-state index in [0.29, 0.717) is 20.8 Å². The summed E-state index contributed by atoms with van der Waals surface area (Å²) >= 11 is 20.1. The molecule has 2 unspecified atom stereocenters. The highest BCUT2D eigenvalue weighted by Crippen LogP contribution is 2.38. The van der Waals surface area contributed by atoms with Crippen molar-refractivity contribution >= 4 is 67.3 Å². The molecule has 0 aliphatic carbocycles. The van der Waals surface area contributed by atoms with Crippen LogP contribution in [0.4, 0.5) is 5.69 Å². The molecule has 2 aliphatic rings. The molecule has 1 saturated heterocycles. The number of nitrogens with zero attached hydrogens (tertiary/aromatic N) is 2. The minimum atomic E-state index is -3.11. The average Bonchev–Trinajstić information content (AvgIpc) is 3.04. The number of sulfone groups is 1. The van der Waals surface area contributed by atoms with Crippen molar-refractivity contribution in [3.63, 3.8) is 0 Å². The summed E-state index contributed by atoms with van der Waals surface area (Å²) in [7, 11) is -3.11. The Labute approximate surface area is 177 Å². The number of hydrogen-bond acceptors (Lipinski definition) is 5. The van der Waals surface area contributed by atoms with Gasteiger partial charge in [-0.3, -0.25) is 4.99 Å². The van der Waals surface area contributed by atoms with E-state index in [9.17, 15) is 8.42 Å². The largest absolute Gasteiger partial charge is 0.315 e. The van der Waals surface area contributed by atoms with Gasteiger partial charge in [-0.1, -0.05) is 64.8 Å². The Balaban J connectivity index is 1.66. The van der Waals surface area contributed by atoms with Gasteiger partial charge in [0.1, 0.15) is 0 Å². The van der Waals surface area contributed by atoms with E-state index in [-0.39, 0.29) is 23.6 Å². The van der Waals surface area contributed by atoms with Crippen molar-refractivity contribution in [1.29, 1.82) is 0 Å². The molecule has 0 amide bonds. The molecule has 2 atom stereocenters. The summed E-state index contributed by atoms with van der Waals surface area (Å²) in [6.45, 7) is 0. The number of hydrogen-bond donors (Lipinski definition) is 0. The second-order valence-electron chi connectivity index (χ2n) is 6.50. The molecule has 4 rings (SSSR count). The molecule has 9 heteroatoms. The molecular weight excluding hydrogens is 447 g/mol.